The molecule has 0 atom stereocenters. The first-order valence-corrected chi connectivity index (χ1v) is 11.5. The van der Waals surface area contributed by atoms with Crippen LogP contribution in [0.3, 0.4) is 0 Å². The van der Waals surface area contributed by atoms with E-state index < -0.39 is 10.8 Å². The third-order valence-corrected chi connectivity index (χ3v) is 5.81. The summed E-state index contributed by atoms with van der Waals surface area (Å²) < 4.78 is 9.21. The molecule has 3 heterocycles. The summed E-state index contributed by atoms with van der Waals surface area (Å²) in [5.41, 5.74) is 4.05. The fourth-order valence-electron chi connectivity index (χ4n) is 3.95. The van der Waals surface area contributed by atoms with E-state index in [4.69, 9.17) is 4.74 Å². The van der Waals surface area contributed by atoms with E-state index in [0.717, 1.165) is 29.1 Å². The van der Waals surface area contributed by atoms with Crippen molar-refractivity contribution in [2.75, 3.05) is 5.32 Å². The maximum atomic E-state index is 13.2. The van der Waals surface area contributed by atoms with Gasteiger partial charge in [-0.1, -0.05) is 17.7 Å². The molecule has 11 heteroatoms. The number of fused-ring (bicyclic) bond motifs is 1. The lowest BCUT2D eigenvalue weighted by atomic mass is 10.2. The zero-order valence-corrected chi connectivity index (χ0v) is 20.4. The number of amides is 1. The molecule has 0 aliphatic rings. The molecular weight excluding hydrogens is 474 g/mol. The van der Waals surface area contributed by atoms with Gasteiger partial charge in [-0.25, -0.2) is 9.50 Å². The molecule has 11 nitrogen and oxygen atoms in total. The molecule has 0 unspecified atom stereocenters. The van der Waals surface area contributed by atoms with Crippen molar-refractivity contribution in [1.82, 2.24) is 24.4 Å². The molecule has 0 saturated heterocycles. The number of aryl methyl sites for hydroxylation is 3. The molecule has 0 radical (unpaired) electrons. The van der Waals surface area contributed by atoms with E-state index in [0.29, 0.717) is 11.4 Å². The minimum Gasteiger partial charge on any atom is -0.457 e. The van der Waals surface area contributed by atoms with Gasteiger partial charge in [0.05, 0.1) is 34.3 Å². The number of carbonyl (C=O) groups excluding carboxylic acids is 1. The van der Waals surface area contributed by atoms with Gasteiger partial charge in [0.1, 0.15) is 17.1 Å². The maximum absolute atomic E-state index is 13.2. The van der Waals surface area contributed by atoms with Crippen LogP contribution >= 0.6 is 0 Å². The topological polar surface area (TPSA) is 129 Å². The van der Waals surface area contributed by atoms with Crippen LogP contribution in [0.4, 0.5) is 11.4 Å². The molecule has 186 valence electrons. The highest BCUT2D eigenvalue weighted by Gasteiger charge is 2.20. The Morgan fingerprint density at radius 2 is 1.89 bits per heavy atom. The minimum absolute atomic E-state index is 0.205. The number of anilines is 1. The van der Waals surface area contributed by atoms with Crippen molar-refractivity contribution in [3.8, 4) is 22.8 Å². The Kier molecular flexibility index (Phi) is 6.10. The second kappa shape index (κ2) is 9.53. The molecule has 0 bridgehead atoms. The highest BCUT2D eigenvalue weighted by molar-refractivity contribution is 6.08. The van der Waals surface area contributed by atoms with Crippen LogP contribution in [0.2, 0.25) is 0 Å². The lowest BCUT2D eigenvalue weighted by Crippen LogP contribution is -2.12. The minimum atomic E-state index is -0.542. The Bertz CT molecular complexity index is 1640. The van der Waals surface area contributed by atoms with Crippen molar-refractivity contribution in [2.24, 2.45) is 0 Å². The second-order valence-corrected chi connectivity index (χ2v) is 8.45. The number of nitrogens with zero attached hydrogens (tertiary/aromatic N) is 6. The first kappa shape index (κ1) is 23.7. The van der Waals surface area contributed by atoms with Gasteiger partial charge in [0, 0.05) is 36.6 Å². The smallest absolute Gasteiger partial charge is 0.275 e. The fraction of sp³-hybridized carbons (Fsp3) is 0.154. The van der Waals surface area contributed by atoms with Crippen molar-refractivity contribution in [2.45, 2.75) is 27.3 Å². The predicted molar refractivity (Wildman–Crippen MR) is 137 cm³/mol. The number of nitro benzene ring substituents is 1. The van der Waals surface area contributed by atoms with Gasteiger partial charge in [-0.15, -0.1) is 0 Å². The summed E-state index contributed by atoms with van der Waals surface area (Å²) in [4.78, 5) is 28.5. The molecular formula is C26H23N7O4. The predicted octanol–water partition coefficient (Wildman–Crippen LogP) is 5.18. The summed E-state index contributed by atoms with van der Waals surface area (Å²) in [5.74, 6) is 0.226. The van der Waals surface area contributed by atoms with Crippen molar-refractivity contribution >= 4 is 22.9 Å². The first-order chi connectivity index (χ1) is 17.8. The number of rotatable bonds is 7. The fourth-order valence-corrected chi connectivity index (χ4v) is 3.95. The van der Waals surface area contributed by atoms with Crippen LogP contribution in [0.1, 0.15) is 28.5 Å². The van der Waals surface area contributed by atoms with E-state index in [1.165, 1.54) is 24.4 Å². The summed E-state index contributed by atoms with van der Waals surface area (Å²) >= 11 is 0. The van der Waals surface area contributed by atoms with Gasteiger partial charge in [-0.05, 0) is 39.0 Å². The third-order valence-electron chi connectivity index (χ3n) is 5.81. The highest BCUT2D eigenvalue weighted by Crippen LogP contribution is 2.30. The first-order valence-electron chi connectivity index (χ1n) is 11.5. The summed E-state index contributed by atoms with van der Waals surface area (Å²) in [6, 6.07) is 13.2. The number of aromatic nitrogens is 5. The number of carbonyl (C=O) groups is 1. The van der Waals surface area contributed by atoms with Gasteiger partial charge >= 0.3 is 0 Å². The Morgan fingerprint density at radius 1 is 1.11 bits per heavy atom. The molecule has 3 aromatic heterocycles. The number of nitro groups is 1. The van der Waals surface area contributed by atoms with Crippen LogP contribution in [-0.2, 0) is 6.54 Å². The standard InChI is InChI=1S/C26H23N7O4/c1-4-31-15-23(17(3)30-31)24-9-10-27-25-22(14-28-32(24)25)26(34)29-18-11-19(33(35)36)13-21(12-18)37-20-7-5-16(2)6-8-20/h5-15H,4H2,1-3H3,(H,29,34). The molecule has 1 amide bonds. The summed E-state index contributed by atoms with van der Waals surface area (Å²) in [6.07, 6.45) is 4.94. The van der Waals surface area contributed by atoms with Gasteiger partial charge in [0.25, 0.3) is 11.6 Å². The number of hydrogen-bond donors (Lipinski definition) is 1. The highest BCUT2D eigenvalue weighted by atomic mass is 16.6. The summed E-state index contributed by atoms with van der Waals surface area (Å²) in [5, 5.41) is 23.1. The van der Waals surface area contributed by atoms with Crippen molar-refractivity contribution in [1.29, 1.82) is 0 Å². The van der Waals surface area contributed by atoms with Crippen LogP contribution in [0.15, 0.2) is 67.1 Å². The molecule has 0 saturated carbocycles. The van der Waals surface area contributed by atoms with Crippen LogP contribution in [-0.4, -0.2) is 35.2 Å². The van der Waals surface area contributed by atoms with E-state index in [-0.39, 0.29) is 22.7 Å². The Hall–Kier alpha value is -5.06. The van der Waals surface area contributed by atoms with Crippen molar-refractivity contribution in [3.05, 3.63) is 94.1 Å². The molecule has 5 rings (SSSR count). The zero-order valence-electron chi connectivity index (χ0n) is 20.4. The van der Waals surface area contributed by atoms with E-state index >= 15 is 0 Å². The molecule has 0 spiro atoms. The Labute approximate surface area is 211 Å². The third kappa shape index (κ3) is 4.74. The molecule has 0 aliphatic carbocycles. The van der Waals surface area contributed by atoms with Gasteiger partial charge < -0.3 is 10.1 Å². The van der Waals surface area contributed by atoms with E-state index in [9.17, 15) is 14.9 Å². The Balaban J connectivity index is 1.46. The number of nitrogens with one attached hydrogen (secondary N) is 1. The lowest BCUT2D eigenvalue weighted by molar-refractivity contribution is -0.384. The quantitative estimate of drug-likeness (QED) is 0.242. The number of hydrogen-bond acceptors (Lipinski definition) is 7. The molecule has 37 heavy (non-hydrogen) atoms. The zero-order chi connectivity index (χ0) is 26.1. The van der Waals surface area contributed by atoms with Crippen LogP contribution < -0.4 is 10.1 Å². The van der Waals surface area contributed by atoms with Crippen LogP contribution in [0.25, 0.3) is 16.9 Å². The summed E-state index contributed by atoms with van der Waals surface area (Å²) in [6.45, 7) is 6.58. The second-order valence-electron chi connectivity index (χ2n) is 8.45. The monoisotopic (exact) mass is 497 g/mol. The maximum Gasteiger partial charge on any atom is 0.275 e. The number of benzene rings is 2. The van der Waals surface area contributed by atoms with E-state index in [1.807, 2.05) is 43.8 Å². The molecule has 0 fully saturated rings. The van der Waals surface area contributed by atoms with Gasteiger partial charge in [-0.3, -0.25) is 19.6 Å². The van der Waals surface area contributed by atoms with E-state index in [1.54, 1.807) is 28.9 Å². The largest absolute Gasteiger partial charge is 0.457 e. The van der Waals surface area contributed by atoms with Gasteiger partial charge in [-0.2, -0.15) is 10.2 Å². The molecule has 5 aromatic rings. The van der Waals surface area contributed by atoms with Crippen LogP contribution in [0, 0.1) is 24.0 Å². The summed E-state index contributed by atoms with van der Waals surface area (Å²) in [7, 11) is 0. The van der Waals surface area contributed by atoms with E-state index in [2.05, 4.69) is 20.5 Å². The van der Waals surface area contributed by atoms with Crippen molar-refractivity contribution < 1.29 is 14.5 Å². The number of non-ortho nitro benzene ring substituents is 1. The number of ether oxygens (including phenoxy) is 1. The molecule has 1 N–H and O–H groups in total. The SMILES string of the molecule is CCn1cc(-c2ccnc3c(C(=O)Nc4cc(Oc5ccc(C)cc5)cc([N+](=O)[O-])c4)cnn23)c(C)n1. The Morgan fingerprint density at radius 3 is 2.59 bits per heavy atom. The van der Waals surface area contributed by atoms with Gasteiger partial charge in [0.15, 0.2) is 5.65 Å². The normalized spacial score (nSPS) is 11.0. The lowest BCUT2D eigenvalue weighted by Gasteiger charge is -2.09. The molecule has 0 aliphatic heterocycles. The van der Waals surface area contributed by atoms with Gasteiger partial charge in [0.2, 0.25) is 0 Å². The van der Waals surface area contributed by atoms with Crippen LogP contribution in [0.5, 0.6) is 11.5 Å². The van der Waals surface area contributed by atoms with Crippen molar-refractivity contribution in [3.63, 3.8) is 0 Å². The average molecular weight is 498 g/mol. The molecule has 2 aromatic carbocycles. The average Bonchev–Trinajstić information content (AvgIpc) is 3.48.